The molecule has 0 bridgehead atoms. The normalized spacial score (nSPS) is 14.0. The second-order valence-corrected chi connectivity index (χ2v) is 4.47. The first-order valence-electron chi connectivity index (χ1n) is 5.57. The van der Waals surface area contributed by atoms with E-state index in [4.69, 9.17) is 17.3 Å². The second kappa shape index (κ2) is 6.58. The van der Waals surface area contributed by atoms with Gasteiger partial charge in [0.25, 0.3) is 0 Å². The van der Waals surface area contributed by atoms with Gasteiger partial charge in [-0.05, 0) is 24.1 Å². The number of hydrogen-bond donors (Lipinski definition) is 4. The number of benzene rings is 1. The van der Waals surface area contributed by atoms with Gasteiger partial charge in [0, 0.05) is 13.5 Å². The second-order valence-electron chi connectivity index (χ2n) is 4.06. The summed E-state index contributed by atoms with van der Waals surface area (Å²) in [7, 11) is 0. The zero-order valence-electron chi connectivity index (χ0n) is 10.1. The third-order valence-electron chi connectivity index (χ3n) is 2.54. The number of halogens is 1. The zero-order valence-corrected chi connectivity index (χ0v) is 10.8. The summed E-state index contributed by atoms with van der Waals surface area (Å²) < 4.78 is 0. The highest BCUT2D eigenvalue weighted by molar-refractivity contribution is 6.33. The lowest BCUT2D eigenvalue weighted by Gasteiger charge is -2.18. The van der Waals surface area contributed by atoms with Crippen molar-refractivity contribution < 1.29 is 15.0 Å². The Morgan fingerprint density at radius 1 is 1.50 bits per heavy atom. The van der Waals surface area contributed by atoms with Crippen LogP contribution in [-0.2, 0) is 4.79 Å². The smallest absolute Gasteiger partial charge is 0.216 e. The van der Waals surface area contributed by atoms with E-state index in [1.165, 1.54) is 13.0 Å². The maximum absolute atomic E-state index is 10.7. The summed E-state index contributed by atoms with van der Waals surface area (Å²) in [5.74, 6) is -0.174. The van der Waals surface area contributed by atoms with E-state index >= 15 is 0 Å². The molecule has 0 spiro atoms. The minimum Gasteiger partial charge on any atom is -0.398 e. The van der Waals surface area contributed by atoms with E-state index in [-0.39, 0.29) is 12.3 Å². The number of aliphatic hydroxyl groups excluding tert-OH is 2. The zero-order chi connectivity index (χ0) is 13.7. The van der Waals surface area contributed by atoms with Gasteiger partial charge < -0.3 is 21.3 Å². The van der Waals surface area contributed by atoms with Crippen molar-refractivity contribution in [3.05, 3.63) is 28.8 Å². The first-order chi connectivity index (χ1) is 8.41. The van der Waals surface area contributed by atoms with E-state index in [9.17, 15) is 15.0 Å². The molecule has 1 aromatic carbocycles. The Hall–Kier alpha value is -1.30. The molecule has 0 aromatic heterocycles. The lowest BCUT2D eigenvalue weighted by molar-refractivity contribution is -0.119. The van der Waals surface area contributed by atoms with Gasteiger partial charge in [-0.1, -0.05) is 17.7 Å². The first-order valence-corrected chi connectivity index (χ1v) is 5.95. The van der Waals surface area contributed by atoms with Crippen molar-refractivity contribution in [1.82, 2.24) is 5.32 Å². The molecule has 2 unspecified atom stereocenters. The highest BCUT2D eigenvalue weighted by atomic mass is 35.5. The Balaban J connectivity index is 2.59. The standard InChI is InChI=1S/C12H17ClN2O3/c1-7(16)15-5-4-11(17)12(18)8-2-3-10(14)9(13)6-8/h2-3,6,11-12,17-18H,4-5,14H2,1H3,(H,15,16). The summed E-state index contributed by atoms with van der Waals surface area (Å²) in [5.41, 5.74) is 6.46. The number of amides is 1. The number of rotatable bonds is 5. The molecule has 0 saturated carbocycles. The molecule has 0 heterocycles. The molecule has 6 heteroatoms. The van der Waals surface area contributed by atoms with Crippen molar-refractivity contribution in [3.8, 4) is 0 Å². The largest absolute Gasteiger partial charge is 0.398 e. The molecule has 1 aromatic rings. The molecule has 2 atom stereocenters. The molecular weight excluding hydrogens is 256 g/mol. The number of hydrogen-bond acceptors (Lipinski definition) is 4. The van der Waals surface area contributed by atoms with Crippen molar-refractivity contribution in [3.63, 3.8) is 0 Å². The third-order valence-corrected chi connectivity index (χ3v) is 2.87. The maximum atomic E-state index is 10.7. The van der Waals surface area contributed by atoms with Gasteiger partial charge in [0.2, 0.25) is 5.91 Å². The third kappa shape index (κ3) is 4.18. The van der Waals surface area contributed by atoms with Gasteiger partial charge in [-0.3, -0.25) is 4.79 Å². The van der Waals surface area contributed by atoms with Crippen LogP contribution in [-0.4, -0.2) is 28.8 Å². The van der Waals surface area contributed by atoms with Crippen molar-refractivity contribution in [2.24, 2.45) is 0 Å². The van der Waals surface area contributed by atoms with E-state index in [0.29, 0.717) is 22.8 Å². The highest BCUT2D eigenvalue weighted by Crippen LogP contribution is 2.25. The van der Waals surface area contributed by atoms with Gasteiger partial charge in [0.1, 0.15) is 6.10 Å². The molecule has 100 valence electrons. The van der Waals surface area contributed by atoms with E-state index in [2.05, 4.69) is 5.32 Å². The fraction of sp³-hybridized carbons (Fsp3) is 0.417. The van der Waals surface area contributed by atoms with E-state index in [0.717, 1.165) is 0 Å². The number of carbonyl (C=O) groups excluding carboxylic acids is 1. The van der Waals surface area contributed by atoms with Gasteiger partial charge in [0.15, 0.2) is 0 Å². The number of aliphatic hydroxyl groups is 2. The molecule has 0 aliphatic carbocycles. The summed E-state index contributed by atoms with van der Waals surface area (Å²) in [6, 6.07) is 4.69. The molecule has 0 fully saturated rings. The number of anilines is 1. The van der Waals surface area contributed by atoms with Crippen LogP contribution in [0.5, 0.6) is 0 Å². The van der Waals surface area contributed by atoms with Crippen LogP contribution in [0.2, 0.25) is 5.02 Å². The maximum Gasteiger partial charge on any atom is 0.216 e. The number of carbonyl (C=O) groups is 1. The molecule has 0 aliphatic heterocycles. The Morgan fingerprint density at radius 3 is 2.72 bits per heavy atom. The summed E-state index contributed by atoms with van der Waals surface area (Å²) in [6.07, 6.45) is -1.78. The predicted octanol–water partition coefficient (Wildman–Crippen LogP) is 0.843. The minimum absolute atomic E-state index is 0.174. The monoisotopic (exact) mass is 272 g/mol. The van der Waals surface area contributed by atoms with E-state index < -0.39 is 12.2 Å². The van der Waals surface area contributed by atoms with Gasteiger partial charge in [-0.25, -0.2) is 0 Å². The molecule has 0 aliphatic rings. The van der Waals surface area contributed by atoms with Crippen LogP contribution in [0.1, 0.15) is 25.0 Å². The van der Waals surface area contributed by atoms with Crippen LogP contribution in [0.3, 0.4) is 0 Å². The van der Waals surface area contributed by atoms with Crippen LogP contribution in [0, 0.1) is 0 Å². The first kappa shape index (κ1) is 14.8. The van der Waals surface area contributed by atoms with E-state index in [1.54, 1.807) is 12.1 Å². The quantitative estimate of drug-likeness (QED) is 0.598. The van der Waals surface area contributed by atoms with Crippen LogP contribution < -0.4 is 11.1 Å². The van der Waals surface area contributed by atoms with Gasteiger partial charge in [0.05, 0.1) is 16.8 Å². The lowest BCUT2D eigenvalue weighted by atomic mass is 10.0. The van der Waals surface area contributed by atoms with Crippen molar-refractivity contribution in [1.29, 1.82) is 0 Å². The number of nitrogens with two attached hydrogens (primary N) is 1. The number of nitrogen functional groups attached to an aromatic ring is 1. The predicted molar refractivity (Wildman–Crippen MR) is 70.1 cm³/mol. The lowest BCUT2D eigenvalue weighted by Crippen LogP contribution is -2.27. The fourth-order valence-electron chi connectivity index (χ4n) is 1.50. The summed E-state index contributed by atoms with van der Waals surface area (Å²) in [4.78, 5) is 10.7. The number of nitrogens with one attached hydrogen (secondary N) is 1. The minimum atomic E-state index is -1.06. The topological polar surface area (TPSA) is 95.6 Å². The Kier molecular flexibility index (Phi) is 5.40. The van der Waals surface area contributed by atoms with Gasteiger partial charge in [-0.2, -0.15) is 0 Å². The van der Waals surface area contributed by atoms with Crippen LogP contribution >= 0.6 is 11.6 Å². The molecular formula is C12H17ClN2O3. The Labute approximate surface area is 111 Å². The van der Waals surface area contributed by atoms with Crippen LogP contribution in [0.15, 0.2) is 18.2 Å². The summed E-state index contributed by atoms with van der Waals surface area (Å²) in [5, 5.41) is 22.6. The summed E-state index contributed by atoms with van der Waals surface area (Å²) in [6.45, 7) is 1.69. The molecule has 0 radical (unpaired) electrons. The fourth-order valence-corrected chi connectivity index (χ4v) is 1.69. The molecule has 0 saturated heterocycles. The van der Waals surface area contributed by atoms with Crippen LogP contribution in [0.4, 0.5) is 5.69 Å². The molecule has 18 heavy (non-hydrogen) atoms. The van der Waals surface area contributed by atoms with Gasteiger partial charge in [-0.15, -0.1) is 0 Å². The molecule has 1 rings (SSSR count). The van der Waals surface area contributed by atoms with Gasteiger partial charge >= 0.3 is 0 Å². The molecule has 5 N–H and O–H groups in total. The van der Waals surface area contributed by atoms with Crippen molar-refractivity contribution in [2.45, 2.75) is 25.6 Å². The Bertz CT molecular complexity index is 426. The average Bonchev–Trinajstić information content (AvgIpc) is 2.31. The van der Waals surface area contributed by atoms with Crippen molar-refractivity contribution >= 4 is 23.2 Å². The SMILES string of the molecule is CC(=O)NCCC(O)C(O)c1ccc(N)c(Cl)c1. The Morgan fingerprint density at radius 2 is 2.17 bits per heavy atom. The molecule has 1 amide bonds. The highest BCUT2D eigenvalue weighted by Gasteiger charge is 2.18. The average molecular weight is 273 g/mol. The molecule has 5 nitrogen and oxygen atoms in total. The van der Waals surface area contributed by atoms with Crippen LogP contribution in [0.25, 0.3) is 0 Å². The summed E-state index contributed by atoms with van der Waals surface area (Å²) >= 11 is 5.83. The van der Waals surface area contributed by atoms with Crippen molar-refractivity contribution in [2.75, 3.05) is 12.3 Å². The van der Waals surface area contributed by atoms with E-state index in [1.807, 2.05) is 0 Å².